The monoisotopic (exact) mass is 336 g/mol. The number of aldehydes is 1. The molecule has 20 heavy (non-hydrogen) atoms. The Kier molecular flexibility index (Phi) is 13.4. The van der Waals surface area contributed by atoms with Crippen LogP contribution in [0, 0.1) is 0 Å². The molecule has 116 valence electrons. The van der Waals surface area contributed by atoms with Crippen LogP contribution >= 0.6 is 15.2 Å². The highest BCUT2D eigenvalue weighted by Gasteiger charge is 2.23. The molecule has 0 aromatic heterocycles. The van der Waals surface area contributed by atoms with E-state index < -0.39 is 39.3 Å². The largest absolute Gasteiger partial charge is 0.475 e. The summed E-state index contributed by atoms with van der Waals surface area (Å²) < 4.78 is 19.7. The van der Waals surface area contributed by atoms with Gasteiger partial charge in [-0.1, -0.05) is 0 Å². The molecule has 0 bridgehead atoms. The van der Waals surface area contributed by atoms with Crippen LogP contribution < -0.4 is 0 Å². The van der Waals surface area contributed by atoms with Gasteiger partial charge in [-0.15, -0.1) is 0 Å². The van der Waals surface area contributed by atoms with Crippen molar-refractivity contribution in [2.75, 3.05) is 12.3 Å². The molecule has 0 atom stereocenters. The Morgan fingerprint density at radius 3 is 1.40 bits per heavy atom. The lowest BCUT2D eigenvalue weighted by Gasteiger charge is -1.97. The van der Waals surface area contributed by atoms with Gasteiger partial charge in [0.05, 0.1) is 0 Å². The SMILES string of the molecule is O=C(O)C(=O)CP(=O)(O)O.O=C=O.O=CCP(=O)(O)O. The first kappa shape index (κ1) is 23.6. The predicted molar refractivity (Wildman–Crippen MR) is 57.5 cm³/mol. The normalized spacial score (nSPS) is 9.80. The fourth-order valence-electron chi connectivity index (χ4n) is 0.352. The van der Waals surface area contributed by atoms with E-state index >= 15 is 0 Å². The molecule has 0 fully saturated rings. The molecule has 0 unspecified atom stereocenters. The molecule has 0 aliphatic rings. The summed E-state index contributed by atoms with van der Waals surface area (Å²) in [6.45, 7) is 0. The van der Waals surface area contributed by atoms with Crippen molar-refractivity contribution in [1.29, 1.82) is 0 Å². The van der Waals surface area contributed by atoms with Gasteiger partial charge in [0, 0.05) is 0 Å². The first-order valence-corrected chi connectivity index (χ1v) is 7.68. The van der Waals surface area contributed by atoms with Crippen LogP contribution in [-0.4, -0.2) is 61.2 Å². The Bertz CT molecular complexity index is 449. The number of rotatable bonds is 5. The van der Waals surface area contributed by atoms with Crippen LogP contribution in [0.5, 0.6) is 0 Å². The van der Waals surface area contributed by atoms with Gasteiger partial charge >= 0.3 is 27.3 Å². The Hall–Kier alpha value is -1.51. The van der Waals surface area contributed by atoms with E-state index in [0.717, 1.165) is 0 Å². The summed E-state index contributed by atoms with van der Waals surface area (Å²) in [6.07, 6.45) is -1.46. The van der Waals surface area contributed by atoms with E-state index in [2.05, 4.69) is 0 Å². The van der Waals surface area contributed by atoms with Crippen molar-refractivity contribution in [3.05, 3.63) is 0 Å². The van der Waals surface area contributed by atoms with Crippen molar-refractivity contribution in [1.82, 2.24) is 0 Å². The minimum absolute atomic E-state index is 0.195. The van der Waals surface area contributed by atoms with Gasteiger partial charge in [0.2, 0.25) is 0 Å². The molecule has 0 heterocycles. The van der Waals surface area contributed by atoms with Crippen LogP contribution in [0.15, 0.2) is 0 Å². The second kappa shape index (κ2) is 11.3. The van der Waals surface area contributed by atoms with Gasteiger partial charge in [-0.25, -0.2) is 4.79 Å². The number of carboxylic acid groups (broad SMARTS) is 1. The van der Waals surface area contributed by atoms with Crippen LogP contribution in [-0.2, 0) is 33.1 Å². The van der Waals surface area contributed by atoms with Gasteiger partial charge in [-0.2, -0.15) is 9.59 Å². The highest BCUT2D eigenvalue weighted by molar-refractivity contribution is 7.53. The second-order valence-electron chi connectivity index (χ2n) is 2.65. The van der Waals surface area contributed by atoms with E-state index in [1.54, 1.807) is 0 Å². The molecule has 14 heteroatoms. The molecular weight excluding hydrogens is 326 g/mol. The molecule has 0 aliphatic heterocycles. The Balaban J connectivity index is -0.000000251. The quantitative estimate of drug-likeness (QED) is 0.201. The molecule has 0 rings (SSSR count). The average molecular weight is 336 g/mol. The zero-order valence-corrected chi connectivity index (χ0v) is 11.3. The lowest BCUT2D eigenvalue weighted by molar-refractivity contribution is -0.191. The average Bonchev–Trinajstić information content (AvgIpc) is 2.14. The lowest BCUT2D eigenvalue weighted by atomic mass is 10.5. The molecule has 0 amide bonds. The first-order chi connectivity index (χ1) is 8.80. The summed E-state index contributed by atoms with van der Waals surface area (Å²) in [5, 5.41) is 7.85. The summed E-state index contributed by atoms with van der Waals surface area (Å²) in [7, 11) is -8.54. The van der Waals surface area contributed by atoms with Crippen molar-refractivity contribution >= 4 is 39.4 Å². The van der Waals surface area contributed by atoms with Crippen molar-refractivity contribution in [3.8, 4) is 0 Å². The topological polar surface area (TPSA) is 221 Å². The van der Waals surface area contributed by atoms with Crippen molar-refractivity contribution in [3.63, 3.8) is 0 Å². The smallest absolute Gasteiger partial charge is 0.373 e. The maximum atomic E-state index is 10.1. The fourth-order valence-corrected chi connectivity index (χ4v) is 1.06. The third-order valence-electron chi connectivity index (χ3n) is 0.900. The van der Waals surface area contributed by atoms with E-state index in [4.69, 9.17) is 34.3 Å². The van der Waals surface area contributed by atoms with E-state index in [-0.39, 0.29) is 12.4 Å². The minimum Gasteiger partial charge on any atom is -0.475 e. The number of aliphatic carboxylic acids is 1. The molecule has 0 aromatic rings. The van der Waals surface area contributed by atoms with Crippen LogP contribution in [0.1, 0.15) is 0 Å². The maximum Gasteiger partial charge on any atom is 0.373 e. The van der Waals surface area contributed by atoms with Gasteiger partial charge in [0.15, 0.2) is 0 Å². The van der Waals surface area contributed by atoms with Crippen LogP contribution in [0.4, 0.5) is 0 Å². The van der Waals surface area contributed by atoms with E-state index in [0.29, 0.717) is 0 Å². The van der Waals surface area contributed by atoms with Crippen molar-refractivity contribution in [2.45, 2.75) is 0 Å². The third kappa shape index (κ3) is 30.0. The highest BCUT2D eigenvalue weighted by atomic mass is 31.2. The summed E-state index contributed by atoms with van der Waals surface area (Å²) >= 11 is 0. The fraction of sp³-hybridized carbons (Fsp3) is 0.333. The number of Topliss-reactive ketones (excluding diaryl/α,β-unsaturated/α-hetero) is 1. The van der Waals surface area contributed by atoms with Gasteiger partial charge in [0.25, 0.3) is 5.78 Å². The highest BCUT2D eigenvalue weighted by Crippen LogP contribution is 2.33. The molecule has 0 spiro atoms. The zero-order chi connectivity index (χ0) is 17.0. The molecule has 5 N–H and O–H groups in total. The van der Waals surface area contributed by atoms with Gasteiger partial charge in [0.1, 0.15) is 18.6 Å². The Morgan fingerprint density at radius 2 is 1.35 bits per heavy atom. The number of ketones is 1. The molecule has 0 aliphatic carbocycles. The minimum atomic E-state index is -4.51. The number of carboxylic acids is 1. The zero-order valence-electron chi connectivity index (χ0n) is 9.48. The molecule has 0 saturated carbocycles. The summed E-state index contributed by atoms with van der Waals surface area (Å²) in [6, 6.07) is 0. The maximum absolute atomic E-state index is 10.1. The number of hydrogen-bond acceptors (Lipinski definition) is 7. The molecule has 0 saturated heterocycles. The van der Waals surface area contributed by atoms with Crippen LogP contribution in [0.2, 0.25) is 0 Å². The van der Waals surface area contributed by atoms with E-state index in [1.165, 1.54) is 0 Å². The van der Waals surface area contributed by atoms with E-state index in [9.17, 15) is 23.5 Å². The van der Waals surface area contributed by atoms with Crippen molar-refractivity contribution in [2.24, 2.45) is 0 Å². The molecule has 12 nitrogen and oxygen atoms in total. The number of carbonyl (C=O) groups is 3. The van der Waals surface area contributed by atoms with Gasteiger partial charge < -0.3 is 29.5 Å². The molecule has 0 radical (unpaired) electrons. The summed E-state index contributed by atoms with van der Waals surface area (Å²) in [5.41, 5.74) is 0. The van der Waals surface area contributed by atoms with Crippen LogP contribution in [0.25, 0.3) is 0 Å². The lowest BCUT2D eigenvalue weighted by Crippen LogP contribution is -2.16. The number of carbonyl (C=O) groups excluding carboxylic acids is 4. The summed E-state index contributed by atoms with van der Waals surface area (Å²) in [4.78, 5) is 77.3. The predicted octanol–water partition coefficient (Wildman–Crippen LogP) is -2.40. The standard InChI is InChI=1S/C3H5O6P.C2H5O4P.CO2/c4-2(3(5)6)1-10(7,8)9;3-1-2-7(4,5)6;2-1-3/h1H2,(H,5,6)(H2,7,8,9);1H,2H2,(H2,4,5,6);. The second-order valence-corrected chi connectivity index (χ2v) is 5.99. The number of hydrogen-bond donors (Lipinski definition) is 5. The van der Waals surface area contributed by atoms with Crippen LogP contribution in [0.3, 0.4) is 0 Å². The Morgan fingerprint density at radius 1 is 1.00 bits per heavy atom. The first-order valence-electron chi connectivity index (χ1n) is 4.09. The van der Waals surface area contributed by atoms with Crippen molar-refractivity contribution < 1.29 is 57.8 Å². The van der Waals surface area contributed by atoms with Gasteiger partial charge in [-0.3, -0.25) is 13.9 Å². The Labute approximate surface area is 110 Å². The molecular formula is C6H10O12P2. The van der Waals surface area contributed by atoms with E-state index in [1.807, 2.05) is 0 Å². The third-order valence-corrected chi connectivity index (χ3v) is 2.22. The molecule has 0 aromatic carbocycles. The summed E-state index contributed by atoms with van der Waals surface area (Å²) in [5.74, 6) is -3.31. The van der Waals surface area contributed by atoms with Gasteiger partial charge in [-0.05, 0) is 0 Å².